The van der Waals surface area contributed by atoms with Gasteiger partial charge in [0.1, 0.15) is 0 Å². The normalized spacial score (nSPS) is 19.7. The third kappa shape index (κ3) is 3.32. The number of rotatable bonds is 4. The summed E-state index contributed by atoms with van der Waals surface area (Å²) in [5.41, 5.74) is 2.31. The molecule has 0 saturated carbocycles. The summed E-state index contributed by atoms with van der Waals surface area (Å²) < 4.78 is 14.1. The van der Waals surface area contributed by atoms with E-state index in [1.54, 1.807) is 0 Å². The molecule has 0 aliphatic carbocycles. The second-order valence-corrected chi connectivity index (χ2v) is 7.34. The number of para-hydroxylation sites is 1. The highest BCUT2D eigenvalue weighted by atomic mass is 32.1. The van der Waals surface area contributed by atoms with Crippen molar-refractivity contribution in [3.63, 3.8) is 0 Å². The standard InChI is InChI=1S/C18H23BN2O2S/c1-17(2)18(3,4)23-19(22-17)15(13-24)10-14-11-20-21(12-14)16-8-6-5-7-9-16/h5-12,24H,13H2,1-4H3. The summed E-state index contributed by atoms with van der Waals surface area (Å²) in [5, 5.41) is 4.42. The summed E-state index contributed by atoms with van der Waals surface area (Å²) in [6, 6.07) is 10.0. The van der Waals surface area contributed by atoms with Crippen molar-refractivity contribution in [3.05, 3.63) is 53.8 Å². The van der Waals surface area contributed by atoms with Crippen molar-refractivity contribution in [3.8, 4) is 5.69 Å². The van der Waals surface area contributed by atoms with E-state index in [9.17, 15) is 0 Å². The third-order valence-corrected chi connectivity index (χ3v) is 5.08. The fourth-order valence-electron chi connectivity index (χ4n) is 2.53. The lowest BCUT2D eigenvalue weighted by molar-refractivity contribution is 0.00578. The minimum atomic E-state index is -0.382. The Balaban J connectivity index is 1.84. The molecule has 24 heavy (non-hydrogen) atoms. The summed E-state index contributed by atoms with van der Waals surface area (Å²) in [6.45, 7) is 8.21. The van der Waals surface area contributed by atoms with Gasteiger partial charge in [0, 0.05) is 17.5 Å². The van der Waals surface area contributed by atoms with Crippen molar-refractivity contribution in [2.24, 2.45) is 0 Å². The van der Waals surface area contributed by atoms with Crippen LogP contribution in [0.15, 0.2) is 48.2 Å². The lowest BCUT2D eigenvalue weighted by Crippen LogP contribution is -2.41. The Bertz CT molecular complexity index is 724. The lowest BCUT2D eigenvalue weighted by Gasteiger charge is -2.32. The molecule has 3 rings (SSSR count). The van der Waals surface area contributed by atoms with E-state index in [0.29, 0.717) is 5.75 Å². The van der Waals surface area contributed by atoms with Crippen molar-refractivity contribution in [2.45, 2.75) is 38.9 Å². The fourth-order valence-corrected chi connectivity index (χ4v) is 2.77. The molecule has 0 N–H and O–H groups in total. The average Bonchev–Trinajstić information content (AvgIpc) is 3.08. The monoisotopic (exact) mass is 342 g/mol. The first kappa shape index (κ1) is 17.3. The summed E-state index contributed by atoms with van der Waals surface area (Å²) in [7, 11) is -0.382. The number of nitrogens with zero attached hydrogens (tertiary/aromatic N) is 2. The van der Waals surface area contributed by atoms with Gasteiger partial charge >= 0.3 is 7.12 Å². The predicted octanol–water partition coefficient (Wildman–Crippen LogP) is 3.82. The van der Waals surface area contributed by atoms with E-state index >= 15 is 0 Å². The van der Waals surface area contributed by atoms with Crippen LogP contribution in [0.4, 0.5) is 0 Å². The second kappa shape index (κ2) is 6.43. The van der Waals surface area contributed by atoms with E-state index in [4.69, 9.17) is 9.31 Å². The molecule has 0 amide bonds. The molecule has 1 aliphatic heterocycles. The Hall–Kier alpha value is -1.50. The van der Waals surface area contributed by atoms with Gasteiger partial charge in [0.15, 0.2) is 0 Å². The Morgan fingerprint density at radius 1 is 1.17 bits per heavy atom. The van der Waals surface area contributed by atoms with E-state index in [0.717, 1.165) is 16.7 Å². The van der Waals surface area contributed by atoms with Crippen LogP contribution in [0, 0.1) is 0 Å². The minimum absolute atomic E-state index is 0.353. The average molecular weight is 342 g/mol. The van der Waals surface area contributed by atoms with Gasteiger partial charge in [-0.15, -0.1) is 0 Å². The molecule has 126 valence electrons. The number of hydrogen-bond acceptors (Lipinski definition) is 4. The van der Waals surface area contributed by atoms with Crippen LogP contribution in [0.25, 0.3) is 11.8 Å². The molecule has 2 heterocycles. The van der Waals surface area contributed by atoms with E-state index in [1.807, 2.05) is 53.5 Å². The predicted molar refractivity (Wildman–Crippen MR) is 101 cm³/mol. The largest absolute Gasteiger partial charge is 0.491 e. The molecule has 1 aromatic carbocycles. The summed E-state index contributed by atoms with van der Waals surface area (Å²) in [6.07, 6.45) is 5.87. The van der Waals surface area contributed by atoms with Gasteiger partial charge in [-0.1, -0.05) is 24.3 Å². The van der Waals surface area contributed by atoms with Crippen LogP contribution in [0.2, 0.25) is 0 Å². The van der Waals surface area contributed by atoms with Crippen molar-refractivity contribution in [1.29, 1.82) is 0 Å². The molecule has 4 nitrogen and oxygen atoms in total. The highest BCUT2D eigenvalue weighted by Crippen LogP contribution is 2.39. The van der Waals surface area contributed by atoms with Crippen molar-refractivity contribution in [1.82, 2.24) is 9.78 Å². The number of benzene rings is 1. The summed E-state index contributed by atoms with van der Waals surface area (Å²) in [5.74, 6) is 0.563. The zero-order valence-corrected chi connectivity index (χ0v) is 15.5. The number of aromatic nitrogens is 2. The minimum Gasteiger partial charge on any atom is -0.400 e. The maximum absolute atomic E-state index is 6.11. The van der Waals surface area contributed by atoms with Crippen LogP contribution >= 0.6 is 12.6 Å². The Kier molecular flexibility index (Phi) is 4.64. The smallest absolute Gasteiger partial charge is 0.400 e. The molecule has 1 saturated heterocycles. The summed E-state index contributed by atoms with van der Waals surface area (Å²) >= 11 is 4.46. The van der Waals surface area contributed by atoms with Gasteiger partial charge < -0.3 is 9.31 Å². The van der Waals surface area contributed by atoms with E-state index in [2.05, 4.69) is 45.4 Å². The molecule has 0 bridgehead atoms. The molecule has 1 aromatic heterocycles. The van der Waals surface area contributed by atoms with Gasteiger partial charge in [-0.25, -0.2) is 4.68 Å². The highest BCUT2D eigenvalue weighted by molar-refractivity contribution is 7.80. The molecule has 1 fully saturated rings. The van der Waals surface area contributed by atoms with Crippen LogP contribution in [-0.2, 0) is 9.31 Å². The molecule has 0 radical (unpaired) electrons. The first-order valence-electron chi connectivity index (χ1n) is 8.09. The SMILES string of the molecule is CC1(C)OB(C(=Cc2cnn(-c3ccccc3)c2)CS)OC1(C)C. The highest BCUT2D eigenvalue weighted by Gasteiger charge is 2.52. The molecule has 0 atom stereocenters. The summed E-state index contributed by atoms with van der Waals surface area (Å²) in [4.78, 5) is 0. The van der Waals surface area contributed by atoms with E-state index < -0.39 is 0 Å². The van der Waals surface area contributed by atoms with Crippen molar-refractivity contribution < 1.29 is 9.31 Å². The molecule has 0 spiro atoms. The molecule has 2 aromatic rings. The van der Waals surface area contributed by atoms with Gasteiger partial charge in [-0.3, -0.25) is 0 Å². The van der Waals surface area contributed by atoms with Crippen LogP contribution < -0.4 is 0 Å². The topological polar surface area (TPSA) is 36.3 Å². The van der Waals surface area contributed by atoms with Crippen LogP contribution in [0.1, 0.15) is 33.3 Å². The molecule has 1 aliphatic rings. The van der Waals surface area contributed by atoms with Crippen LogP contribution in [0.3, 0.4) is 0 Å². The molecular weight excluding hydrogens is 319 g/mol. The maximum atomic E-state index is 6.11. The Labute approximate surface area is 149 Å². The Morgan fingerprint density at radius 3 is 2.38 bits per heavy atom. The van der Waals surface area contributed by atoms with Crippen LogP contribution in [-0.4, -0.2) is 33.9 Å². The first-order chi connectivity index (χ1) is 11.3. The molecule has 0 unspecified atom stereocenters. The van der Waals surface area contributed by atoms with Gasteiger partial charge in [0.25, 0.3) is 0 Å². The van der Waals surface area contributed by atoms with Crippen LogP contribution in [0.5, 0.6) is 0 Å². The second-order valence-electron chi connectivity index (χ2n) is 7.02. The number of hydrogen-bond donors (Lipinski definition) is 1. The zero-order chi connectivity index (χ0) is 17.4. The zero-order valence-electron chi connectivity index (χ0n) is 14.6. The van der Waals surface area contributed by atoms with E-state index in [1.165, 1.54) is 0 Å². The number of thiol groups is 1. The van der Waals surface area contributed by atoms with E-state index in [-0.39, 0.29) is 18.3 Å². The maximum Gasteiger partial charge on any atom is 0.491 e. The quantitative estimate of drug-likeness (QED) is 0.678. The van der Waals surface area contributed by atoms with Gasteiger partial charge in [-0.05, 0) is 45.3 Å². The van der Waals surface area contributed by atoms with Crippen molar-refractivity contribution >= 4 is 25.8 Å². The molecular formula is C18H23BN2O2S. The lowest BCUT2D eigenvalue weighted by atomic mass is 9.78. The molecule has 6 heteroatoms. The van der Waals surface area contributed by atoms with Crippen molar-refractivity contribution in [2.75, 3.05) is 5.75 Å². The van der Waals surface area contributed by atoms with Gasteiger partial charge in [-0.2, -0.15) is 17.7 Å². The van der Waals surface area contributed by atoms with Gasteiger partial charge in [0.05, 0.1) is 23.1 Å². The Morgan fingerprint density at radius 2 is 1.79 bits per heavy atom. The fraction of sp³-hybridized carbons (Fsp3) is 0.389. The first-order valence-corrected chi connectivity index (χ1v) is 8.73. The third-order valence-electron chi connectivity index (χ3n) is 4.71. The van der Waals surface area contributed by atoms with Gasteiger partial charge in [0.2, 0.25) is 0 Å².